The summed E-state index contributed by atoms with van der Waals surface area (Å²) in [6, 6.07) is 7.73. The average molecular weight is 282 g/mol. The summed E-state index contributed by atoms with van der Waals surface area (Å²) in [5.74, 6) is 0.0222. The summed E-state index contributed by atoms with van der Waals surface area (Å²) in [6.45, 7) is 2.64. The second-order valence-electron chi connectivity index (χ2n) is 5.01. The van der Waals surface area contributed by atoms with Gasteiger partial charge in [0.15, 0.2) is 0 Å². The van der Waals surface area contributed by atoms with Gasteiger partial charge in [0.25, 0.3) is 0 Å². The van der Waals surface area contributed by atoms with E-state index in [1.165, 1.54) is 0 Å². The normalized spacial score (nSPS) is 20.2. The summed E-state index contributed by atoms with van der Waals surface area (Å²) in [7, 11) is 0. The van der Waals surface area contributed by atoms with E-state index in [4.69, 9.17) is 17.3 Å². The van der Waals surface area contributed by atoms with Crippen molar-refractivity contribution in [1.82, 2.24) is 10.2 Å². The van der Waals surface area contributed by atoms with Crippen molar-refractivity contribution in [3.8, 4) is 0 Å². The SMILES string of the molecule is N[C@@H]1CCCN(CC(=O)NCc2ccccc2Cl)C1. The Balaban J connectivity index is 1.77. The van der Waals surface area contributed by atoms with Gasteiger partial charge >= 0.3 is 0 Å². The molecule has 2 rings (SSSR count). The van der Waals surface area contributed by atoms with Gasteiger partial charge in [-0.2, -0.15) is 0 Å². The Morgan fingerprint density at radius 1 is 1.47 bits per heavy atom. The predicted octanol–water partition coefficient (Wildman–Crippen LogP) is 1.38. The second-order valence-corrected chi connectivity index (χ2v) is 5.41. The van der Waals surface area contributed by atoms with Crippen LogP contribution in [0.25, 0.3) is 0 Å². The average Bonchev–Trinajstić information content (AvgIpc) is 2.38. The molecule has 104 valence electrons. The number of rotatable bonds is 4. The number of amides is 1. The van der Waals surface area contributed by atoms with Gasteiger partial charge in [0.1, 0.15) is 0 Å². The van der Waals surface area contributed by atoms with Crippen LogP contribution in [-0.4, -0.2) is 36.5 Å². The molecule has 1 aromatic carbocycles. The van der Waals surface area contributed by atoms with Crippen LogP contribution in [0.4, 0.5) is 0 Å². The fraction of sp³-hybridized carbons (Fsp3) is 0.500. The van der Waals surface area contributed by atoms with Gasteiger partial charge in [0, 0.05) is 24.2 Å². The molecule has 1 aliphatic rings. The van der Waals surface area contributed by atoms with Crippen molar-refractivity contribution in [3.05, 3.63) is 34.9 Å². The Kier molecular flexibility index (Phi) is 5.19. The Morgan fingerprint density at radius 2 is 2.26 bits per heavy atom. The number of benzene rings is 1. The minimum Gasteiger partial charge on any atom is -0.351 e. The summed E-state index contributed by atoms with van der Waals surface area (Å²) in [5, 5.41) is 3.58. The number of halogens is 1. The Labute approximate surface area is 118 Å². The van der Waals surface area contributed by atoms with Crippen molar-refractivity contribution in [1.29, 1.82) is 0 Å². The summed E-state index contributed by atoms with van der Waals surface area (Å²) in [6.07, 6.45) is 2.12. The molecule has 4 nitrogen and oxygen atoms in total. The number of carbonyl (C=O) groups excluding carboxylic acids is 1. The lowest BCUT2D eigenvalue weighted by Gasteiger charge is -2.29. The maximum absolute atomic E-state index is 11.9. The van der Waals surface area contributed by atoms with E-state index in [9.17, 15) is 4.79 Å². The van der Waals surface area contributed by atoms with Crippen LogP contribution in [-0.2, 0) is 11.3 Å². The van der Waals surface area contributed by atoms with Gasteiger partial charge in [-0.15, -0.1) is 0 Å². The molecule has 0 unspecified atom stereocenters. The molecule has 0 saturated carbocycles. The van der Waals surface area contributed by atoms with Crippen molar-refractivity contribution in [3.63, 3.8) is 0 Å². The minimum absolute atomic E-state index is 0.0222. The topological polar surface area (TPSA) is 58.4 Å². The highest BCUT2D eigenvalue weighted by Crippen LogP contribution is 2.14. The largest absolute Gasteiger partial charge is 0.351 e. The molecule has 19 heavy (non-hydrogen) atoms. The molecule has 0 radical (unpaired) electrons. The van der Waals surface area contributed by atoms with Crippen molar-refractivity contribution >= 4 is 17.5 Å². The van der Waals surface area contributed by atoms with Crippen LogP contribution in [0, 0.1) is 0 Å². The highest BCUT2D eigenvalue weighted by Gasteiger charge is 2.18. The van der Waals surface area contributed by atoms with Gasteiger partial charge in [-0.3, -0.25) is 9.69 Å². The first-order valence-electron chi connectivity index (χ1n) is 6.63. The first kappa shape index (κ1) is 14.3. The van der Waals surface area contributed by atoms with Crippen LogP contribution in [0.2, 0.25) is 5.02 Å². The monoisotopic (exact) mass is 281 g/mol. The maximum atomic E-state index is 11.9. The third-order valence-corrected chi connectivity index (χ3v) is 3.71. The molecule has 1 aromatic rings. The van der Waals surface area contributed by atoms with E-state index in [0.717, 1.165) is 31.5 Å². The first-order valence-corrected chi connectivity index (χ1v) is 7.01. The Hall–Kier alpha value is -1.10. The van der Waals surface area contributed by atoms with Crippen molar-refractivity contribution in [2.45, 2.75) is 25.4 Å². The highest BCUT2D eigenvalue weighted by molar-refractivity contribution is 6.31. The number of nitrogens with two attached hydrogens (primary N) is 1. The fourth-order valence-electron chi connectivity index (χ4n) is 2.33. The lowest BCUT2D eigenvalue weighted by molar-refractivity contribution is -0.122. The smallest absolute Gasteiger partial charge is 0.234 e. The fourth-order valence-corrected chi connectivity index (χ4v) is 2.53. The molecule has 1 saturated heterocycles. The van der Waals surface area contributed by atoms with E-state index >= 15 is 0 Å². The van der Waals surface area contributed by atoms with Crippen LogP contribution in [0.15, 0.2) is 24.3 Å². The van der Waals surface area contributed by atoms with Gasteiger partial charge in [-0.05, 0) is 31.0 Å². The van der Waals surface area contributed by atoms with Crippen LogP contribution >= 0.6 is 11.6 Å². The number of hydrogen-bond acceptors (Lipinski definition) is 3. The summed E-state index contributed by atoms with van der Waals surface area (Å²) in [5.41, 5.74) is 6.83. The van der Waals surface area contributed by atoms with E-state index in [2.05, 4.69) is 10.2 Å². The van der Waals surface area contributed by atoms with Crippen LogP contribution in [0.3, 0.4) is 0 Å². The molecule has 1 aliphatic heterocycles. The third-order valence-electron chi connectivity index (χ3n) is 3.34. The standard InChI is InChI=1S/C14H20ClN3O/c15-13-6-2-1-4-11(13)8-17-14(19)10-18-7-3-5-12(16)9-18/h1-2,4,6,12H,3,5,7-10,16H2,(H,17,19)/t12-/m1/s1. The molecule has 3 N–H and O–H groups in total. The van der Waals surface area contributed by atoms with Crippen LogP contribution in [0.5, 0.6) is 0 Å². The van der Waals surface area contributed by atoms with E-state index in [1.807, 2.05) is 24.3 Å². The Morgan fingerprint density at radius 3 is 3.00 bits per heavy atom. The molecule has 0 aliphatic carbocycles. The quantitative estimate of drug-likeness (QED) is 0.877. The van der Waals surface area contributed by atoms with Crippen LogP contribution < -0.4 is 11.1 Å². The van der Waals surface area contributed by atoms with Gasteiger partial charge < -0.3 is 11.1 Å². The van der Waals surface area contributed by atoms with E-state index in [-0.39, 0.29) is 11.9 Å². The molecule has 1 fully saturated rings. The molecule has 0 spiro atoms. The molecule has 5 heteroatoms. The molecule has 1 amide bonds. The number of hydrogen-bond donors (Lipinski definition) is 2. The molecule has 1 heterocycles. The van der Waals surface area contributed by atoms with E-state index in [1.54, 1.807) is 0 Å². The van der Waals surface area contributed by atoms with Gasteiger partial charge in [0.2, 0.25) is 5.91 Å². The number of piperidine rings is 1. The van der Waals surface area contributed by atoms with Gasteiger partial charge in [-0.1, -0.05) is 29.8 Å². The minimum atomic E-state index is 0.0222. The zero-order valence-corrected chi connectivity index (χ0v) is 11.7. The molecule has 0 aromatic heterocycles. The summed E-state index contributed by atoms with van der Waals surface area (Å²) < 4.78 is 0. The Bertz CT molecular complexity index is 438. The lowest BCUT2D eigenvalue weighted by Crippen LogP contribution is -2.46. The molecule has 0 bridgehead atoms. The summed E-state index contributed by atoms with van der Waals surface area (Å²) >= 11 is 6.04. The van der Waals surface area contributed by atoms with E-state index in [0.29, 0.717) is 18.1 Å². The third kappa shape index (κ3) is 4.49. The zero-order chi connectivity index (χ0) is 13.7. The maximum Gasteiger partial charge on any atom is 0.234 e. The number of likely N-dealkylation sites (tertiary alicyclic amines) is 1. The molecule has 1 atom stereocenters. The van der Waals surface area contributed by atoms with Gasteiger partial charge in [-0.25, -0.2) is 0 Å². The van der Waals surface area contributed by atoms with Crippen molar-refractivity contribution < 1.29 is 4.79 Å². The highest BCUT2D eigenvalue weighted by atomic mass is 35.5. The number of nitrogens with one attached hydrogen (secondary N) is 1. The lowest BCUT2D eigenvalue weighted by atomic mass is 10.1. The second kappa shape index (κ2) is 6.89. The predicted molar refractivity (Wildman–Crippen MR) is 76.9 cm³/mol. The van der Waals surface area contributed by atoms with Crippen molar-refractivity contribution in [2.75, 3.05) is 19.6 Å². The van der Waals surface area contributed by atoms with Crippen molar-refractivity contribution in [2.24, 2.45) is 5.73 Å². The first-order chi connectivity index (χ1) is 9.15. The number of nitrogens with zero attached hydrogens (tertiary/aromatic N) is 1. The van der Waals surface area contributed by atoms with Gasteiger partial charge in [0.05, 0.1) is 6.54 Å². The van der Waals surface area contributed by atoms with Crippen LogP contribution in [0.1, 0.15) is 18.4 Å². The zero-order valence-electron chi connectivity index (χ0n) is 10.9. The molecular formula is C14H20ClN3O. The van der Waals surface area contributed by atoms with E-state index < -0.39 is 0 Å². The molecular weight excluding hydrogens is 262 g/mol. The summed E-state index contributed by atoms with van der Waals surface area (Å²) in [4.78, 5) is 14.0. The number of carbonyl (C=O) groups is 1.